The van der Waals surface area contributed by atoms with Gasteiger partial charge < -0.3 is 59.4 Å². The molecule has 0 aliphatic carbocycles. The fourth-order valence-corrected chi connectivity index (χ4v) is 5.19. The zero-order valence-electron chi connectivity index (χ0n) is 26.8. The lowest BCUT2D eigenvalue weighted by Gasteiger charge is -2.45. The van der Waals surface area contributed by atoms with Gasteiger partial charge in [-0.1, -0.05) is 36.0 Å². The molecule has 13 nitrogen and oxygen atoms in total. The van der Waals surface area contributed by atoms with E-state index in [1.54, 1.807) is 26.2 Å². The van der Waals surface area contributed by atoms with Crippen molar-refractivity contribution in [3.05, 3.63) is 69.8 Å². The van der Waals surface area contributed by atoms with Gasteiger partial charge in [-0.05, 0) is 68.5 Å². The molecule has 13 heteroatoms. The number of aliphatic hydroxyl groups excluding tert-OH is 7. The molecular weight excluding hydrogens is 604 g/mol. The fourth-order valence-electron chi connectivity index (χ4n) is 5.19. The van der Waals surface area contributed by atoms with Gasteiger partial charge in [0.1, 0.15) is 54.6 Å². The van der Waals surface area contributed by atoms with Gasteiger partial charge in [0.2, 0.25) is 6.29 Å². The van der Waals surface area contributed by atoms with Gasteiger partial charge in [0.15, 0.2) is 6.29 Å². The Morgan fingerprint density at radius 2 is 1.46 bits per heavy atom. The van der Waals surface area contributed by atoms with Crippen LogP contribution in [0.2, 0.25) is 0 Å². The van der Waals surface area contributed by atoms with Crippen molar-refractivity contribution in [1.29, 1.82) is 0 Å². The number of hydrogen-bond donors (Lipinski definition) is 7. The molecule has 0 aromatic heterocycles. The van der Waals surface area contributed by atoms with Crippen molar-refractivity contribution in [2.24, 2.45) is 0 Å². The van der Waals surface area contributed by atoms with Gasteiger partial charge in [-0.25, -0.2) is 4.79 Å². The molecule has 2 aliphatic rings. The van der Waals surface area contributed by atoms with Crippen LogP contribution in [0.3, 0.4) is 0 Å². The normalized spacial score (nSPS) is 32.7. The van der Waals surface area contributed by atoms with Crippen molar-refractivity contribution >= 4 is 12.0 Å². The summed E-state index contributed by atoms with van der Waals surface area (Å²) in [7, 11) is 1.65. The Morgan fingerprint density at radius 3 is 2.09 bits per heavy atom. The van der Waals surface area contributed by atoms with Gasteiger partial charge in [-0.3, -0.25) is 0 Å². The van der Waals surface area contributed by atoms with Crippen molar-refractivity contribution in [2.45, 2.75) is 96.0 Å². The molecule has 1 unspecified atom stereocenters. The highest BCUT2D eigenvalue weighted by molar-refractivity contribution is 5.83. The number of methoxy groups -OCH3 is 1. The third-order valence-corrected chi connectivity index (χ3v) is 8.10. The topological polar surface area (TPSA) is 205 Å². The van der Waals surface area contributed by atoms with Crippen LogP contribution in [0, 0.1) is 20.8 Å². The minimum absolute atomic E-state index is 0.517. The molecule has 46 heavy (non-hydrogen) atoms. The summed E-state index contributed by atoms with van der Waals surface area (Å²) in [5.74, 6) is -0.0352. The van der Waals surface area contributed by atoms with E-state index in [1.807, 2.05) is 45.1 Å². The Labute approximate surface area is 268 Å². The molecule has 0 saturated carbocycles. The number of esters is 1. The Kier molecular flexibility index (Phi) is 13.7. The lowest BCUT2D eigenvalue weighted by atomic mass is 9.96. The minimum Gasteiger partial charge on any atom is -0.496 e. The molecular formula is C33H46O13. The fraction of sp³-hybridized carbons (Fsp3) is 0.545. The third kappa shape index (κ3) is 8.89. The van der Waals surface area contributed by atoms with Gasteiger partial charge >= 0.3 is 5.97 Å². The zero-order chi connectivity index (χ0) is 34.3. The first-order chi connectivity index (χ1) is 21.7. The van der Waals surface area contributed by atoms with Crippen LogP contribution in [0.1, 0.15) is 36.1 Å². The van der Waals surface area contributed by atoms with E-state index in [9.17, 15) is 40.5 Å². The van der Waals surface area contributed by atoms with Gasteiger partial charge in [0.25, 0.3) is 0 Å². The minimum atomic E-state index is -1.83. The summed E-state index contributed by atoms with van der Waals surface area (Å²) in [5.41, 5.74) is 5.90. The molecule has 2 heterocycles. The molecule has 256 valence electrons. The van der Waals surface area contributed by atoms with Crippen LogP contribution in [0.25, 0.3) is 6.08 Å². The molecule has 7 N–H and O–H groups in total. The summed E-state index contributed by atoms with van der Waals surface area (Å²) in [4.78, 5) is 12.6. The molecule has 1 aromatic rings. The largest absolute Gasteiger partial charge is 0.496 e. The van der Waals surface area contributed by atoms with Crippen molar-refractivity contribution < 1.29 is 64.2 Å². The van der Waals surface area contributed by atoms with Gasteiger partial charge in [-0.2, -0.15) is 0 Å². The maximum atomic E-state index is 12.6. The molecule has 1 aromatic carbocycles. The maximum absolute atomic E-state index is 12.6. The summed E-state index contributed by atoms with van der Waals surface area (Å²) in [6.07, 6.45) is -5.80. The Bertz CT molecular complexity index is 1310. The van der Waals surface area contributed by atoms with E-state index in [0.29, 0.717) is 5.57 Å². The first-order valence-electron chi connectivity index (χ1n) is 14.9. The molecule has 0 radical (unpaired) electrons. The second-order valence-electron chi connectivity index (χ2n) is 11.5. The summed E-state index contributed by atoms with van der Waals surface area (Å²) in [5, 5.41) is 70.7. The van der Waals surface area contributed by atoms with Gasteiger partial charge in [0, 0.05) is 6.08 Å². The summed E-state index contributed by atoms with van der Waals surface area (Å²) in [6.45, 7) is 8.23. The second-order valence-corrected chi connectivity index (χ2v) is 11.5. The highest BCUT2D eigenvalue weighted by Gasteiger charge is 2.51. The first kappa shape index (κ1) is 37.5. The van der Waals surface area contributed by atoms with E-state index >= 15 is 0 Å². The lowest BCUT2D eigenvalue weighted by Crippen LogP contribution is -2.64. The number of aliphatic hydroxyl groups is 7. The van der Waals surface area contributed by atoms with Crippen LogP contribution in [-0.4, -0.2) is 123 Å². The molecule has 2 fully saturated rings. The number of hydrogen-bond acceptors (Lipinski definition) is 13. The number of carbonyl (C=O) groups is 1. The van der Waals surface area contributed by atoms with Crippen LogP contribution >= 0.6 is 0 Å². The molecule has 10 atom stereocenters. The van der Waals surface area contributed by atoms with Crippen molar-refractivity contribution in [3.63, 3.8) is 0 Å². The van der Waals surface area contributed by atoms with Gasteiger partial charge in [0.05, 0.1) is 20.3 Å². The van der Waals surface area contributed by atoms with E-state index < -0.39 is 80.6 Å². The smallest absolute Gasteiger partial charge is 0.333 e. The number of rotatable bonds is 11. The molecule has 3 rings (SSSR count). The Balaban J connectivity index is 1.61. The average molecular weight is 651 g/mol. The van der Waals surface area contributed by atoms with Crippen LogP contribution in [0.5, 0.6) is 5.75 Å². The molecule has 0 bridgehead atoms. The van der Waals surface area contributed by atoms with Crippen molar-refractivity contribution in [2.75, 3.05) is 20.3 Å². The lowest BCUT2D eigenvalue weighted by molar-refractivity contribution is -0.355. The third-order valence-electron chi connectivity index (χ3n) is 8.10. The summed E-state index contributed by atoms with van der Waals surface area (Å²) < 4.78 is 26.9. The summed E-state index contributed by atoms with van der Waals surface area (Å²) in [6, 6.07) is 2.01. The monoisotopic (exact) mass is 650 g/mol. The van der Waals surface area contributed by atoms with Gasteiger partial charge in [-0.15, -0.1) is 0 Å². The standard InChI is InChI=1S/C33H46O13/c1-16(10-11-21-18(3)13-22(42-6)20(5)19(21)4)8-7-9-17(2)12-25(36)45-32-30(41)28(39)31(24(15-35)44-32)46-33-29(40)27(38)26(37)23(14-34)43-33/h7-13,23-24,26-35,37-41H,14-15H2,1-6H3/b9-7+,11-10+,16-8+,17-12+/t23-,24-,26-,27+,28-,29-,30-,31-,32?,33-/m1/s1. The van der Waals surface area contributed by atoms with Crippen LogP contribution in [-0.2, 0) is 23.7 Å². The van der Waals surface area contributed by atoms with E-state index in [0.717, 1.165) is 39.7 Å². The maximum Gasteiger partial charge on any atom is 0.333 e. The molecule has 2 saturated heterocycles. The molecule has 2 aliphatic heterocycles. The van der Waals surface area contributed by atoms with E-state index in [1.165, 1.54) is 0 Å². The number of allylic oxidation sites excluding steroid dienone is 6. The first-order valence-corrected chi connectivity index (χ1v) is 14.9. The summed E-state index contributed by atoms with van der Waals surface area (Å²) >= 11 is 0. The van der Waals surface area contributed by atoms with Crippen molar-refractivity contribution in [3.8, 4) is 5.75 Å². The molecule has 0 spiro atoms. The number of aryl methyl sites for hydroxylation is 1. The molecule has 0 amide bonds. The average Bonchev–Trinajstić information content (AvgIpc) is 3.02. The Hall–Kier alpha value is -2.95. The number of benzene rings is 1. The number of carbonyl (C=O) groups excluding carboxylic acids is 1. The predicted octanol–water partition coefficient (Wildman–Crippen LogP) is 0.250. The van der Waals surface area contributed by atoms with E-state index in [4.69, 9.17) is 23.7 Å². The van der Waals surface area contributed by atoms with Crippen LogP contribution in [0.4, 0.5) is 0 Å². The highest BCUT2D eigenvalue weighted by atomic mass is 16.7. The zero-order valence-corrected chi connectivity index (χ0v) is 26.8. The second kappa shape index (κ2) is 16.7. The number of ether oxygens (including phenoxy) is 5. The van der Waals surface area contributed by atoms with E-state index in [2.05, 4.69) is 6.92 Å². The van der Waals surface area contributed by atoms with Crippen LogP contribution in [0.15, 0.2) is 47.6 Å². The SMILES string of the molecule is COc1cc(C)c(/C=C/C(C)=C/C=C/C(C)=C/C(=O)OC2O[C@H](CO)[C@@H](O[C@H]3O[C@H](CO)[C@@H](O)[C@H](O)[C@H]3O)[C@H](O)[C@H]2O)c(C)c1C. The predicted molar refractivity (Wildman–Crippen MR) is 165 cm³/mol. The van der Waals surface area contributed by atoms with E-state index in [-0.39, 0.29) is 0 Å². The Morgan fingerprint density at radius 1 is 0.826 bits per heavy atom. The van der Waals surface area contributed by atoms with Crippen molar-refractivity contribution in [1.82, 2.24) is 0 Å². The quantitative estimate of drug-likeness (QED) is 0.0976. The highest BCUT2D eigenvalue weighted by Crippen LogP contribution is 2.30. The van der Waals surface area contributed by atoms with Crippen LogP contribution < -0.4 is 4.74 Å².